The molecule has 5 heteroatoms. The Morgan fingerprint density at radius 2 is 2.06 bits per heavy atom. The Kier molecular flexibility index (Phi) is 5.38. The quantitative estimate of drug-likeness (QED) is 0.847. The van der Waals surface area contributed by atoms with E-state index in [0.29, 0.717) is 17.9 Å². The summed E-state index contributed by atoms with van der Waals surface area (Å²) in [4.78, 5) is -0.882. The van der Waals surface area contributed by atoms with Gasteiger partial charge in [-0.2, -0.15) is 0 Å². The zero-order valence-corrected chi connectivity index (χ0v) is 12.1. The van der Waals surface area contributed by atoms with E-state index in [0.717, 1.165) is 10.0 Å². The second kappa shape index (κ2) is 6.10. The lowest BCUT2D eigenvalue weighted by molar-refractivity contribution is 0.185. The molecule has 0 amide bonds. The predicted octanol–water partition coefficient (Wildman–Crippen LogP) is 3.99. The SMILES string of the molecule is CCOc1c(Br)cc(C)cc1C(O)C(Cl)Cl. The fourth-order valence-electron chi connectivity index (χ4n) is 1.41. The van der Waals surface area contributed by atoms with Crippen molar-refractivity contribution in [3.8, 4) is 5.75 Å². The summed E-state index contributed by atoms with van der Waals surface area (Å²) in [5, 5.41) is 9.89. The largest absolute Gasteiger partial charge is 0.492 e. The van der Waals surface area contributed by atoms with Gasteiger partial charge in [-0.1, -0.05) is 0 Å². The monoisotopic (exact) mass is 326 g/mol. The third-order valence-corrected chi connectivity index (χ3v) is 3.13. The summed E-state index contributed by atoms with van der Waals surface area (Å²) in [6.07, 6.45) is -0.957. The number of halogens is 3. The molecule has 0 heterocycles. The molecule has 1 unspecified atom stereocenters. The van der Waals surface area contributed by atoms with Gasteiger partial charge in [-0.05, 0) is 47.5 Å². The molecule has 1 aromatic rings. The fraction of sp³-hybridized carbons (Fsp3) is 0.455. The Morgan fingerprint density at radius 3 is 2.56 bits per heavy atom. The van der Waals surface area contributed by atoms with E-state index in [4.69, 9.17) is 27.9 Å². The number of rotatable bonds is 4. The van der Waals surface area contributed by atoms with Gasteiger partial charge in [-0.3, -0.25) is 0 Å². The second-order valence-electron chi connectivity index (χ2n) is 3.38. The van der Waals surface area contributed by atoms with Gasteiger partial charge in [0.25, 0.3) is 0 Å². The van der Waals surface area contributed by atoms with Gasteiger partial charge in [0.15, 0.2) is 0 Å². The van der Waals surface area contributed by atoms with Gasteiger partial charge in [0, 0.05) is 5.56 Å². The topological polar surface area (TPSA) is 29.5 Å². The summed E-state index contributed by atoms with van der Waals surface area (Å²) in [5.41, 5.74) is 1.60. The first-order valence-electron chi connectivity index (χ1n) is 4.86. The van der Waals surface area contributed by atoms with Crippen molar-refractivity contribution in [2.24, 2.45) is 0 Å². The minimum atomic E-state index is -0.957. The summed E-state index contributed by atoms with van der Waals surface area (Å²) in [6.45, 7) is 4.31. The summed E-state index contributed by atoms with van der Waals surface area (Å²) in [7, 11) is 0. The third-order valence-electron chi connectivity index (χ3n) is 2.06. The van der Waals surface area contributed by atoms with Crippen molar-refractivity contribution in [3.05, 3.63) is 27.7 Å². The molecule has 16 heavy (non-hydrogen) atoms. The number of benzene rings is 1. The Hall–Kier alpha value is 0.0400. The first-order valence-corrected chi connectivity index (χ1v) is 6.53. The standard InChI is InChI=1S/C11H13BrCl2O2/c1-3-16-10-7(9(15)11(13)14)4-6(2)5-8(10)12/h4-5,9,11,15H,3H2,1-2H3. The average Bonchev–Trinajstić information content (AvgIpc) is 2.20. The molecule has 1 rings (SSSR count). The Morgan fingerprint density at radius 1 is 1.44 bits per heavy atom. The lowest BCUT2D eigenvalue weighted by Gasteiger charge is -2.18. The van der Waals surface area contributed by atoms with Crippen LogP contribution in [0.3, 0.4) is 0 Å². The minimum absolute atomic E-state index is 0.511. The molecule has 0 saturated heterocycles. The summed E-state index contributed by atoms with van der Waals surface area (Å²) in [6, 6.07) is 3.73. The van der Waals surface area contributed by atoms with E-state index in [9.17, 15) is 5.11 Å². The molecular formula is C11H13BrCl2O2. The number of aliphatic hydroxyl groups excluding tert-OH is 1. The van der Waals surface area contributed by atoms with Gasteiger partial charge in [-0.15, -0.1) is 23.2 Å². The minimum Gasteiger partial charge on any atom is -0.492 e. The molecule has 2 nitrogen and oxygen atoms in total. The Balaban J connectivity index is 3.23. The van der Waals surface area contributed by atoms with Crippen LogP contribution in [-0.2, 0) is 0 Å². The lowest BCUT2D eigenvalue weighted by atomic mass is 10.1. The smallest absolute Gasteiger partial charge is 0.139 e. The highest BCUT2D eigenvalue weighted by atomic mass is 79.9. The van der Waals surface area contributed by atoms with E-state index in [2.05, 4.69) is 15.9 Å². The van der Waals surface area contributed by atoms with Gasteiger partial charge in [0.2, 0.25) is 0 Å². The van der Waals surface area contributed by atoms with E-state index in [-0.39, 0.29) is 0 Å². The Bertz CT molecular complexity index is 369. The van der Waals surface area contributed by atoms with Crippen molar-refractivity contribution in [1.29, 1.82) is 0 Å². The van der Waals surface area contributed by atoms with Gasteiger partial charge in [-0.25, -0.2) is 0 Å². The third kappa shape index (κ3) is 3.27. The van der Waals surface area contributed by atoms with Crippen molar-refractivity contribution in [3.63, 3.8) is 0 Å². The molecule has 0 radical (unpaired) electrons. The molecule has 0 spiro atoms. The van der Waals surface area contributed by atoms with Crippen LogP contribution < -0.4 is 4.74 Å². The van der Waals surface area contributed by atoms with Crippen LogP contribution >= 0.6 is 39.1 Å². The summed E-state index contributed by atoms with van der Waals surface area (Å²) >= 11 is 14.8. The van der Waals surface area contributed by atoms with Crippen LogP contribution in [-0.4, -0.2) is 16.5 Å². The van der Waals surface area contributed by atoms with Crippen molar-refractivity contribution in [1.82, 2.24) is 0 Å². The van der Waals surface area contributed by atoms with E-state index in [1.807, 2.05) is 26.0 Å². The van der Waals surface area contributed by atoms with Gasteiger partial charge in [0.05, 0.1) is 11.1 Å². The van der Waals surface area contributed by atoms with Crippen LogP contribution in [0.15, 0.2) is 16.6 Å². The first-order chi connectivity index (χ1) is 7.47. The number of hydrogen-bond donors (Lipinski definition) is 1. The number of aryl methyl sites for hydroxylation is 1. The van der Waals surface area contributed by atoms with E-state index in [1.54, 1.807) is 0 Å². The number of hydrogen-bond acceptors (Lipinski definition) is 2. The highest BCUT2D eigenvalue weighted by molar-refractivity contribution is 9.10. The molecule has 1 aromatic carbocycles. The maximum absolute atomic E-state index is 9.89. The predicted molar refractivity (Wildman–Crippen MR) is 70.5 cm³/mol. The normalized spacial score (nSPS) is 12.9. The molecule has 0 aliphatic heterocycles. The van der Waals surface area contributed by atoms with Crippen molar-refractivity contribution >= 4 is 39.1 Å². The zero-order valence-electron chi connectivity index (χ0n) is 9.01. The highest BCUT2D eigenvalue weighted by Crippen LogP contribution is 2.37. The number of alkyl halides is 2. The Labute approximate surface area is 114 Å². The summed E-state index contributed by atoms with van der Waals surface area (Å²) < 4.78 is 6.26. The van der Waals surface area contributed by atoms with Gasteiger partial charge >= 0.3 is 0 Å². The fourth-order valence-corrected chi connectivity index (χ4v) is 2.38. The van der Waals surface area contributed by atoms with Crippen LogP contribution in [0.4, 0.5) is 0 Å². The van der Waals surface area contributed by atoms with Gasteiger partial charge < -0.3 is 9.84 Å². The van der Waals surface area contributed by atoms with Crippen molar-refractivity contribution in [2.75, 3.05) is 6.61 Å². The number of ether oxygens (including phenoxy) is 1. The lowest BCUT2D eigenvalue weighted by Crippen LogP contribution is -2.09. The van der Waals surface area contributed by atoms with Crippen molar-refractivity contribution < 1.29 is 9.84 Å². The van der Waals surface area contributed by atoms with E-state index in [1.165, 1.54) is 0 Å². The molecule has 1 N–H and O–H groups in total. The average molecular weight is 328 g/mol. The van der Waals surface area contributed by atoms with Crippen molar-refractivity contribution in [2.45, 2.75) is 24.8 Å². The molecule has 1 atom stereocenters. The van der Waals surface area contributed by atoms with Crippen LogP contribution in [0.5, 0.6) is 5.75 Å². The highest BCUT2D eigenvalue weighted by Gasteiger charge is 2.22. The second-order valence-corrected chi connectivity index (χ2v) is 5.40. The first kappa shape index (κ1) is 14.1. The van der Waals surface area contributed by atoms with E-state index < -0.39 is 10.9 Å². The molecule has 0 aliphatic carbocycles. The van der Waals surface area contributed by atoms with Crippen LogP contribution in [0, 0.1) is 6.92 Å². The maximum atomic E-state index is 9.89. The number of aliphatic hydroxyl groups is 1. The maximum Gasteiger partial charge on any atom is 0.139 e. The van der Waals surface area contributed by atoms with Crippen LogP contribution in [0.1, 0.15) is 24.2 Å². The van der Waals surface area contributed by atoms with E-state index >= 15 is 0 Å². The molecule has 90 valence electrons. The summed E-state index contributed by atoms with van der Waals surface area (Å²) in [5.74, 6) is 0.590. The molecular weight excluding hydrogens is 315 g/mol. The van der Waals surface area contributed by atoms with Gasteiger partial charge in [0.1, 0.15) is 16.7 Å². The molecule has 0 aromatic heterocycles. The molecule has 0 fully saturated rings. The molecule has 0 aliphatic rings. The molecule has 0 bridgehead atoms. The molecule has 0 saturated carbocycles. The van der Waals surface area contributed by atoms with Crippen LogP contribution in [0.2, 0.25) is 0 Å². The zero-order chi connectivity index (χ0) is 12.3. The van der Waals surface area contributed by atoms with Crippen LogP contribution in [0.25, 0.3) is 0 Å².